The number of aryl methyl sites for hydroxylation is 2. The highest BCUT2D eigenvalue weighted by Crippen LogP contribution is 2.35. The van der Waals surface area contributed by atoms with Crippen LogP contribution in [0.5, 0.6) is 0 Å². The van der Waals surface area contributed by atoms with Crippen LogP contribution in [0.4, 0.5) is 5.00 Å². The molecule has 2 heterocycles. The van der Waals surface area contributed by atoms with E-state index in [2.05, 4.69) is 33.7 Å². The van der Waals surface area contributed by atoms with Crippen molar-refractivity contribution in [2.45, 2.75) is 31.2 Å². The maximum atomic E-state index is 12.9. The van der Waals surface area contributed by atoms with Crippen molar-refractivity contribution in [2.24, 2.45) is 0 Å². The van der Waals surface area contributed by atoms with E-state index < -0.39 is 5.25 Å². The molecule has 166 valence electrons. The number of thiophene rings is 1. The Balaban J connectivity index is 1.73. The normalized spacial score (nSPS) is 11.7. The van der Waals surface area contributed by atoms with Crippen LogP contribution >= 0.6 is 34.7 Å². The summed E-state index contributed by atoms with van der Waals surface area (Å²) < 4.78 is 1.95. The van der Waals surface area contributed by atoms with E-state index in [1.807, 2.05) is 48.7 Å². The number of hydrogen-bond acceptors (Lipinski definition) is 6. The van der Waals surface area contributed by atoms with Crippen LogP contribution < -0.4 is 5.32 Å². The molecular formula is C24H20ClN5OS2. The third kappa shape index (κ3) is 4.81. The van der Waals surface area contributed by atoms with Gasteiger partial charge in [0.25, 0.3) is 0 Å². The number of carbonyl (C=O) groups is 1. The smallest absolute Gasteiger partial charge is 0.238 e. The number of nitrogens with one attached hydrogen (secondary N) is 1. The minimum atomic E-state index is -0.481. The molecule has 0 radical (unpaired) electrons. The number of rotatable bonds is 6. The summed E-state index contributed by atoms with van der Waals surface area (Å²) in [5.74, 6) is 0.392. The Hall–Kier alpha value is -3.12. The Bertz CT molecular complexity index is 1370. The van der Waals surface area contributed by atoms with Crippen LogP contribution in [0.2, 0.25) is 5.02 Å². The van der Waals surface area contributed by atoms with Gasteiger partial charge < -0.3 is 5.32 Å². The van der Waals surface area contributed by atoms with Gasteiger partial charge in [-0.25, -0.2) is 0 Å². The van der Waals surface area contributed by atoms with Gasteiger partial charge in [0.2, 0.25) is 5.91 Å². The maximum Gasteiger partial charge on any atom is 0.238 e. The molecule has 33 heavy (non-hydrogen) atoms. The van der Waals surface area contributed by atoms with Crippen molar-refractivity contribution < 1.29 is 4.79 Å². The van der Waals surface area contributed by atoms with Gasteiger partial charge in [0, 0.05) is 5.56 Å². The summed E-state index contributed by atoms with van der Waals surface area (Å²) in [6.45, 7) is 5.85. The summed E-state index contributed by atoms with van der Waals surface area (Å²) in [6, 6.07) is 17.4. The lowest BCUT2D eigenvalue weighted by Gasteiger charge is -2.16. The standard InChI is InChI=1S/C24H20ClN5OS2/c1-14-8-9-15(2)20(12-14)30-21(18-6-4-5-7-19(18)25)28-29-24(30)33-16(3)22(31)27-23-17(13-26)10-11-32-23/h4-12,16H,1-3H3,(H,27,31). The Morgan fingerprint density at radius 1 is 1.21 bits per heavy atom. The zero-order valence-electron chi connectivity index (χ0n) is 18.2. The topological polar surface area (TPSA) is 83.6 Å². The molecule has 1 N–H and O–H groups in total. The van der Waals surface area contributed by atoms with E-state index in [1.54, 1.807) is 18.4 Å². The van der Waals surface area contributed by atoms with Gasteiger partial charge in [-0.2, -0.15) is 5.26 Å². The largest absolute Gasteiger partial charge is 0.316 e. The fourth-order valence-corrected chi connectivity index (χ4v) is 5.08. The van der Waals surface area contributed by atoms with Gasteiger partial charge in [-0.05, 0) is 61.5 Å². The first-order chi connectivity index (χ1) is 15.9. The summed E-state index contributed by atoms with van der Waals surface area (Å²) in [4.78, 5) is 12.9. The molecule has 4 rings (SSSR count). The molecule has 0 saturated heterocycles. The third-order valence-electron chi connectivity index (χ3n) is 5.03. The lowest BCUT2D eigenvalue weighted by atomic mass is 10.1. The molecule has 0 aliphatic heterocycles. The van der Waals surface area contributed by atoms with Crippen molar-refractivity contribution in [3.63, 3.8) is 0 Å². The van der Waals surface area contributed by atoms with Gasteiger partial charge in [0.05, 0.1) is 21.5 Å². The number of nitriles is 1. The van der Waals surface area contributed by atoms with Crippen LogP contribution in [0.1, 0.15) is 23.6 Å². The molecule has 0 aliphatic carbocycles. The molecule has 4 aromatic rings. The van der Waals surface area contributed by atoms with Crippen LogP contribution in [-0.4, -0.2) is 25.9 Å². The zero-order valence-corrected chi connectivity index (χ0v) is 20.6. The minimum Gasteiger partial charge on any atom is -0.316 e. The zero-order chi connectivity index (χ0) is 23.5. The number of benzene rings is 2. The van der Waals surface area contributed by atoms with Gasteiger partial charge in [0.15, 0.2) is 11.0 Å². The minimum absolute atomic E-state index is 0.214. The third-order valence-corrected chi connectivity index (χ3v) is 7.23. The fourth-order valence-electron chi connectivity index (χ4n) is 3.26. The Labute approximate surface area is 205 Å². The summed E-state index contributed by atoms with van der Waals surface area (Å²) in [6.07, 6.45) is 0. The number of carbonyl (C=O) groups excluding carboxylic acids is 1. The van der Waals surface area contributed by atoms with Crippen LogP contribution in [0.15, 0.2) is 59.1 Å². The molecule has 1 amide bonds. The molecule has 0 aliphatic rings. The van der Waals surface area contributed by atoms with Gasteiger partial charge in [-0.3, -0.25) is 9.36 Å². The van der Waals surface area contributed by atoms with Crippen LogP contribution in [0.3, 0.4) is 0 Å². The van der Waals surface area contributed by atoms with Crippen molar-refractivity contribution >= 4 is 45.6 Å². The SMILES string of the molecule is Cc1ccc(C)c(-n2c(SC(C)C(=O)Nc3sccc3C#N)nnc2-c2ccccc2Cl)c1. The lowest BCUT2D eigenvalue weighted by Crippen LogP contribution is -2.22. The van der Waals surface area contributed by atoms with Crippen molar-refractivity contribution in [3.8, 4) is 23.1 Å². The van der Waals surface area contributed by atoms with E-state index in [1.165, 1.54) is 23.1 Å². The van der Waals surface area contributed by atoms with E-state index in [0.29, 0.717) is 26.6 Å². The molecule has 1 atom stereocenters. The number of thioether (sulfide) groups is 1. The molecule has 1 unspecified atom stereocenters. The summed E-state index contributed by atoms with van der Waals surface area (Å²) >= 11 is 9.11. The molecule has 9 heteroatoms. The van der Waals surface area contributed by atoms with Crippen molar-refractivity contribution in [2.75, 3.05) is 5.32 Å². The molecule has 2 aromatic heterocycles. The van der Waals surface area contributed by atoms with E-state index in [4.69, 9.17) is 11.6 Å². The van der Waals surface area contributed by atoms with Crippen molar-refractivity contribution in [3.05, 3.63) is 75.6 Å². The predicted molar refractivity (Wildman–Crippen MR) is 134 cm³/mol. The first kappa shape index (κ1) is 23.1. The monoisotopic (exact) mass is 493 g/mol. The van der Waals surface area contributed by atoms with Gasteiger partial charge in [-0.1, -0.05) is 47.6 Å². The molecule has 0 spiro atoms. The molecule has 2 aromatic carbocycles. The highest BCUT2D eigenvalue weighted by molar-refractivity contribution is 8.00. The van der Waals surface area contributed by atoms with Gasteiger partial charge >= 0.3 is 0 Å². The Morgan fingerprint density at radius 3 is 2.76 bits per heavy atom. The van der Waals surface area contributed by atoms with E-state index >= 15 is 0 Å². The van der Waals surface area contributed by atoms with Gasteiger partial charge in [0.1, 0.15) is 11.1 Å². The molecule has 0 saturated carbocycles. The number of amides is 1. The summed E-state index contributed by atoms with van der Waals surface area (Å²) in [7, 11) is 0. The highest BCUT2D eigenvalue weighted by Gasteiger charge is 2.24. The van der Waals surface area contributed by atoms with Crippen LogP contribution in [-0.2, 0) is 4.79 Å². The Morgan fingerprint density at radius 2 is 2.00 bits per heavy atom. The second-order valence-corrected chi connectivity index (χ2v) is 10.1. The molecule has 6 nitrogen and oxygen atoms in total. The Kier molecular flexibility index (Phi) is 6.84. The molecule has 0 fully saturated rings. The summed E-state index contributed by atoms with van der Waals surface area (Å²) in [5.41, 5.74) is 4.27. The second-order valence-electron chi connectivity index (χ2n) is 7.44. The fraction of sp³-hybridized carbons (Fsp3) is 0.167. The lowest BCUT2D eigenvalue weighted by molar-refractivity contribution is -0.115. The first-order valence-electron chi connectivity index (χ1n) is 10.1. The average molecular weight is 494 g/mol. The number of halogens is 1. The quantitative estimate of drug-likeness (QED) is 0.320. The molecular weight excluding hydrogens is 474 g/mol. The predicted octanol–water partition coefficient (Wildman–Crippen LogP) is 6.26. The first-order valence-corrected chi connectivity index (χ1v) is 12.3. The highest BCUT2D eigenvalue weighted by atomic mass is 35.5. The van der Waals surface area contributed by atoms with E-state index in [-0.39, 0.29) is 5.91 Å². The van der Waals surface area contributed by atoms with Crippen LogP contribution in [0, 0.1) is 25.2 Å². The number of anilines is 1. The molecule has 0 bridgehead atoms. The number of nitrogens with zero attached hydrogens (tertiary/aromatic N) is 4. The van der Waals surface area contributed by atoms with Gasteiger partial charge in [-0.15, -0.1) is 21.5 Å². The maximum absolute atomic E-state index is 12.9. The van der Waals surface area contributed by atoms with E-state index in [0.717, 1.165) is 22.4 Å². The number of hydrogen-bond donors (Lipinski definition) is 1. The van der Waals surface area contributed by atoms with Crippen LogP contribution in [0.25, 0.3) is 17.1 Å². The van der Waals surface area contributed by atoms with Crippen molar-refractivity contribution in [1.82, 2.24) is 14.8 Å². The summed E-state index contributed by atoms with van der Waals surface area (Å²) in [5, 5.41) is 23.9. The van der Waals surface area contributed by atoms with E-state index in [9.17, 15) is 10.1 Å². The second kappa shape index (κ2) is 9.79. The number of aromatic nitrogens is 3. The van der Waals surface area contributed by atoms with Crippen molar-refractivity contribution in [1.29, 1.82) is 5.26 Å². The average Bonchev–Trinajstić information content (AvgIpc) is 3.42.